The van der Waals surface area contributed by atoms with Gasteiger partial charge in [0.25, 0.3) is 0 Å². The van der Waals surface area contributed by atoms with Crippen molar-refractivity contribution in [1.29, 1.82) is 0 Å². The summed E-state index contributed by atoms with van der Waals surface area (Å²) >= 11 is 1.82. The third kappa shape index (κ3) is 2.07. The first-order valence-electron chi connectivity index (χ1n) is 6.19. The Morgan fingerprint density at radius 3 is 2.72 bits per heavy atom. The van der Waals surface area contributed by atoms with Crippen molar-refractivity contribution in [2.45, 2.75) is 19.4 Å². The highest BCUT2D eigenvalue weighted by Crippen LogP contribution is 2.23. The van der Waals surface area contributed by atoms with E-state index >= 15 is 0 Å². The fraction of sp³-hybridized carbons (Fsp3) is 0.200. The first-order chi connectivity index (χ1) is 8.88. The summed E-state index contributed by atoms with van der Waals surface area (Å²) in [6.45, 7) is 0.601. The molecule has 0 aliphatic heterocycles. The molecule has 0 unspecified atom stereocenters. The number of nitrogens with two attached hydrogens (primary N) is 1. The zero-order valence-electron chi connectivity index (χ0n) is 10.1. The fourth-order valence-electron chi connectivity index (χ4n) is 2.41. The van der Waals surface area contributed by atoms with Crippen molar-refractivity contribution in [2.75, 3.05) is 0 Å². The van der Waals surface area contributed by atoms with E-state index in [4.69, 9.17) is 5.73 Å². The third-order valence-corrected chi connectivity index (χ3v) is 4.24. The van der Waals surface area contributed by atoms with Gasteiger partial charge in [0.1, 0.15) is 0 Å². The normalized spacial score (nSPS) is 11.2. The first-order valence-corrected chi connectivity index (χ1v) is 7.07. The number of para-hydroxylation sites is 1. The maximum atomic E-state index is 5.89. The number of fused-ring (bicyclic) bond motifs is 1. The Bertz CT molecular complexity index is 638. The number of hydrogen-bond donors (Lipinski definition) is 2. The zero-order chi connectivity index (χ0) is 12.4. The number of aromatic nitrogens is 1. The molecular formula is C15H16N2S. The van der Waals surface area contributed by atoms with E-state index in [1.54, 1.807) is 0 Å². The average Bonchev–Trinajstić information content (AvgIpc) is 3.03. The van der Waals surface area contributed by atoms with Gasteiger partial charge in [0.15, 0.2) is 0 Å². The molecule has 3 aromatic rings. The van der Waals surface area contributed by atoms with E-state index in [-0.39, 0.29) is 0 Å². The van der Waals surface area contributed by atoms with Gasteiger partial charge in [-0.3, -0.25) is 0 Å². The Labute approximate surface area is 110 Å². The second-order valence-corrected chi connectivity index (χ2v) is 5.44. The van der Waals surface area contributed by atoms with Gasteiger partial charge in [-0.05, 0) is 35.9 Å². The lowest BCUT2D eigenvalue weighted by Gasteiger charge is -2.01. The number of H-pyrrole nitrogens is 1. The van der Waals surface area contributed by atoms with Gasteiger partial charge < -0.3 is 10.7 Å². The van der Waals surface area contributed by atoms with Gasteiger partial charge in [-0.2, -0.15) is 0 Å². The van der Waals surface area contributed by atoms with E-state index in [0.29, 0.717) is 6.54 Å². The SMILES string of the molecule is NCc1c(CCc2cccs2)[nH]c2ccccc12. The Kier molecular flexibility index (Phi) is 3.17. The van der Waals surface area contributed by atoms with Crippen molar-refractivity contribution in [1.82, 2.24) is 4.98 Å². The standard InChI is InChI=1S/C15H16N2S/c16-10-13-12-5-1-2-6-14(12)17-15(13)8-7-11-4-3-9-18-11/h1-6,9,17H,7-8,10,16H2. The molecule has 0 aliphatic carbocycles. The van der Waals surface area contributed by atoms with Crippen molar-refractivity contribution in [2.24, 2.45) is 5.73 Å². The second kappa shape index (κ2) is 4.96. The van der Waals surface area contributed by atoms with E-state index < -0.39 is 0 Å². The van der Waals surface area contributed by atoms with Crippen LogP contribution in [0.5, 0.6) is 0 Å². The molecule has 0 fully saturated rings. The molecule has 1 aromatic carbocycles. The highest BCUT2D eigenvalue weighted by atomic mass is 32.1. The molecule has 0 saturated carbocycles. The van der Waals surface area contributed by atoms with Crippen LogP contribution in [0.25, 0.3) is 10.9 Å². The van der Waals surface area contributed by atoms with Crippen molar-refractivity contribution in [3.63, 3.8) is 0 Å². The number of aromatic amines is 1. The lowest BCUT2D eigenvalue weighted by molar-refractivity contribution is 0.912. The van der Waals surface area contributed by atoms with Crippen LogP contribution in [0.15, 0.2) is 41.8 Å². The molecule has 92 valence electrons. The molecule has 0 amide bonds. The molecule has 0 radical (unpaired) electrons. The van der Waals surface area contributed by atoms with Gasteiger partial charge in [0.05, 0.1) is 0 Å². The minimum absolute atomic E-state index is 0.601. The number of nitrogens with one attached hydrogen (secondary N) is 1. The molecule has 3 rings (SSSR count). The molecule has 3 heteroatoms. The van der Waals surface area contributed by atoms with E-state index in [0.717, 1.165) is 12.8 Å². The van der Waals surface area contributed by atoms with E-state index in [2.05, 4.69) is 46.8 Å². The monoisotopic (exact) mass is 256 g/mol. The van der Waals surface area contributed by atoms with Crippen LogP contribution in [-0.4, -0.2) is 4.98 Å². The van der Waals surface area contributed by atoms with E-state index in [9.17, 15) is 0 Å². The molecule has 2 heterocycles. The quantitative estimate of drug-likeness (QED) is 0.737. The molecule has 2 aromatic heterocycles. The predicted octanol–water partition coefficient (Wildman–Crippen LogP) is 3.47. The highest BCUT2D eigenvalue weighted by molar-refractivity contribution is 7.09. The molecule has 3 N–H and O–H groups in total. The maximum absolute atomic E-state index is 5.89. The summed E-state index contributed by atoms with van der Waals surface area (Å²) in [5, 5.41) is 3.39. The highest BCUT2D eigenvalue weighted by Gasteiger charge is 2.09. The van der Waals surface area contributed by atoms with Gasteiger partial charge in [0.2, 0.25) is 0 Å². The summed E-state index contributed by atoms with van der Waals surface area (Å²) in [5.41, 5.74) is 9.64. The Morgan fingerprint density at radius 2 is 1.94 bits per heavy atom. The molecule has 0 aliphatic rings. The maximum Gasteiger partial charge on any atom is 0.0459 e. The van der Waals surface area contributed by atoms with Crippen LogP contribution < -0.4 is 5.73 Å². The molecule has 0 atom stereocenters. The van der Waals surface area contributed by atoms with E-state index in [1.165, 1.54) is 27.0 Å². The number of aryl methyl sites for hydroxylation is 2. The largest absolute Gasteiger partial charge is 0.358 e. The van der Waals surface area contributed by atoms with Crippen molar-refractivity contribution in [3.8, 4) is 0 Å². The van der Waals surface area contributed by atoms with Crippen LogP contribution in [0, 0.1) is 0 Å². The van der Waals surface area contributed by atoms with Crippen LogP contribution >= 0.6 is 11.3 Å². The van der Waals surface area contributed by atoms with Crippen LogP contribution in [0.4, 0.5) is 0 Å². The Balaban J connectivity index is 1.91. The molecule has 2 nitrogen and oxygen atoms in total. The van der Waals surface area contributed by atoms with Crippen LogP contribution in [0.3, 0.4) is 0 Å². The fourth-order valence-corrected chi connectivity index (χ4v) is 3.11. The predicted molar refractivity (Wildman–Crippen MR) is 77.9 cm³/mol. The smallest absolute Gasteiger partial charge is 0.0459 e. The van der Waals surface area contributed by atoms with Gasteiger partial charge in [-0.15, -0.1) is 11.3 Å². The average molecular weight is 256 g/mol. The topological polar surface area (TPSA) is 41.8 Å². The minimum Gasteiger partial charge on any atom is -0.358 e. The first kappa shape index (κ1) is 11.5. The number of benzene rings is 1. The second-order valence-electron chi connectivity index (χ2n) is 4.41. The molecule has 18 heavy (non-hydrogen) atoms. The van der Waals surface area contributed by atoms with Crippen molar-refractivity contribution < 1.29 is 0 Å². The van der Waals surface area contributed by atoms with Crippen LogP contribution in [0.1, 0.15) is 16.1 Å². The third-order valence-electron chi connectivity index (χ3n) is 3.31. The van der Waals surface area contributed by atoms with Crippen LogP contribution in [-0.2, 0) is 19.4 Å². The van der Waals surface area contributed by atoms with Gasteiger partial charge in [0, 0.05) is 28.0 Å². The summed E-state index contributed by atoms with van der Waals surface area (Å²) in [4.78, 5) is 4.93. The van der Waals surface area contributed by atoms with Crippen molar-refractivity contribution in [3.05, 3.63) is 57.9 Å². The molecule has 0 spiro atoms. The lowest BCUT2D eigenvalue weighted by Crippen LogP contribution is -2.01. The number of thiophene rings is 1. The van der Waals surface area contributed by atoms with Gasteiger partial charge >= 0.3 is 0 Å². The molecule has 0 bridgehead atoms. The zero-order valence-corrected chi connectivity index (χ0v) is 11.0. The van der Waals surface area contributed by atoms with Crippen LogP contribution in [0.2, 0.25) is 0 Å². The molecular weight excluding hydrogens is 240 g/mol. The van der Waals surface area contributed by atoms with E-state index in [1.807, 2.05) is 11.3 Å². The summed E-state index contributed by atoms with van der Waals surface area (Å²) in [5.74, 6) is 0. The summed E-state index contributed by atoms with van der Waals surface area (Å²) in [7, 11) is 0. The molecule has 0 saturated heterocycles. The summed E-state index contributed by atoms with van der Waals surface area (Å²) in [6, 6.07) is 12.7. The minimum atomic E-state index is 0.601. The number of rotatable bonds is 4. The number of hydrogen-bond acceptors (Lipinski definition) is 2. The lowest BCUT2D eigenvalue weighted by atomic mass is 10.1. The summed E-state index contributed by atoms with van der Waals surface area (Å²) in [6.07, 6.45) is 2.11. The van der Waals surface area contributed by atoms with Gasteiger partial charge in [-0.1, -0.05) is 24.3 Å². The van der Waals surface area contributed by atoms with Crippen molar-refractivity contribution >= 4 is 22.2 Å². The summed E-state index contributed by atoms with van der Waals surface area (Å²) < 4.78 is 0. The Morgan fingerprint density at radius 1 is 1.06 bits per heavy atom. The van der Waals surface area contributed by atoms with Gasteiger partial charge in [-0.25, -0.2) is 0 Å². The Hall–Kier alpha value is -1.58.